The first-order valence-corrected chi connectivity index (χ1v) is 2.73. The molecule has 0 aromatic carbocycles. The predicted octanol–water partition coefficient (Wildman–Crippen LogP) is 2.05. The maximum absolute atomic E-state index is 5.49. The Hall–Kier alpha value is 0.120. The van der Waals surface area contributed by atoms with Crippen LogP contribution in [-0.2, 0) is 4.74 Å². The first-order chi connectivity index (χ1) is 3.30. The molecule has 0 amide bonds. The zero-order chi connectivity index (χ0) is 5.28. The fraction of sp³-hybridized carbons (Fsp3) is 0.500. The Kier molecular flexibility index (Phi) is 1.45. The van der Waals surface area contributed by atoms with E-state index < -0.39 is 0 Å². The molecule has 0 unspecified atom stereocenters. The van der Waals surface area contributed by atoms with E-state index >= 15 is 0 Å². The summed E-state index contributed by atoms with van der Waals surface area (Å²) in [7, 11) is 0. The molecule has 0 N–H and O–H groups in total. The van der Waals surface area contributed by atoms with E-state index in [9.17, 15) is 0 Å². The summed E-state index contributed by atoms with van der Waals surface area (Å²) in [4.78, 5) is 0. The van der Waals surface area contributed by atoms with Gasteiger partial charge in [-0.1, -0.05) is 11.6 Å². The minimum Gasteiger partial charge on any atom is -0.482 e. The predicted molar refractivity (Wildman–Crippen MR) is 29.3 cm³/mol. The van der Waals surface area contributed by atoms with Gasteiger partial charge in [-0.2, -0.15) is 0 Å². The van der Waals surface area contributed by atoms with Crippen molar-refractivity contribution in [3.8, 4) is 0 Å². The topological polar surface area (TPSA) is 9.23 Å². The molecule has 0 aromatic rings. The van der Waals surface area contributed by atoms with Crippen LogP contribution in [0.15, 0.2) is 10.3 Å². The van der Waals surface area contributed by atoms with Crippen molar-refractivity contribution in [3.05, 3.63) is 10.3 Å². The monoisotopic (exact) mass is 138 g/mol. The maximum Gasteiger partial charge on any atom is 0.201 e. The van der Waals surface area contributed by atoms with E-state index in [2.05, 4.69) is 0 Å². The highest BCUT2D eigenvalue weighted by molar-refractivity contribution is 6.38. The second-order valence-corrected chi connectivity index (χ2v) is 2.08. The summed E-state index contributed by atoms with van der Waals surface area (Å²) < 4.78 is 4.78. The van der Waals surface area contributed by atoms with Gasteiger partial charge in [0.25, 0.3) is 0 Å². The average Bonchev–Trinajstić information content (AvgIpc) is 1.91. The lowest BCUT2D eigenvalue weighted by molar-refractivity contribution is 0.269. The molecular formula is C4H4Cl2O. The third-order valence-electron chi connectivity index (χ3n) is 0.764. The van der Waals surface area contributed by atoms with E-state index in [0.717, 1.165) is 6.42 Å². The molecule has 1 heterocycles. The Labute approximate surface area is 51.9 Å². The summed E-state index contributed by atoms with van der Waals surface area (Å²) in [6.07, 6.45) is 0.764. The van der Waals surface area contributed by atoms with Crippen molar-refractivity contribution in [1.82, 2.24) is 0 Å². The van der Waals surface area contributed by atoms with Gasteiger partial charge in [-0.3, -0.25) is 0 Å². The van der Waals surface area contributed by atoms with Gasteiger partial charge >= 0.3 is 0 Å². The normalized spacial score (nSPS) is 20.3. The van der Waals surface area contributed by atoms with Crippen molar-refractivity contribution in [2.45, 2.75) is 6.42 Å². The van der Waals surface area contributed by atoms with Crippen LogP contribution in [0.1, 0.15) is 6.42 Å². The summed E-state index contributed by atoms with van der Waals surface area (Å²) in [5.41, 5.74) is 0. The van der Waals surface area contributed by atoms with Crippen molar-refractivity contribution in [1.29, 1.82) is 0 Å². The molecule has 1 nitrogen and oxygen atoms in total. The lowest BCUT2D eigenvalue weighted by Crippen LogP contribution is -1.74. The van der Waals surface area contributed by atoms with E-state index in [0.29, 0.717) is 16.9 Å². The van der Waals surface area contributed by atoms with Crippen LogP contribution in [0, 0.1) is 0 Å². The van der Waals surface area contributed by atoms with Crippen molar-refractivity contribution in [2.75, 3.05) is 6.61 Å². The summed E-state index contributed by atoms with van der Waals surface area (Å²) in [6.45, 7) is 0.637. The highest BCUT2D eigenvalue weighted by atomic mass is 35.5. The van der Waals surface area contributed by atoms with Crippen LogP contribution < -0.4 is 0 Å². The summed E-state index contributed by atoms with van der Waals surface area (Å²) in [5, 5.41) is 1.00. The highest BCUT2D eigenvalue weighted by Gasteiger charge is 2.09. The van der Waals surface area contributed by atoms with Gasteiger partial charge < -0.3 is 4.74 Å². The van der Waals surface area contributed by atoms with Crippen molar-refractivity contribution >= 4 is 23.2 Å². The van der Waals surface area contributed by atoms with Crippen molar-refractivity contribution in [2.24, 2.45) is 0 Å². The average molecular weight is 139 g/mol. The third-order valence-corrected chi connectivity index (χ3v) is 1.56. The number of hydrogen-bond donors (Lipinski definition) is 0. The second kappa shape index (κ2) is 1.93. The molecule has 0 fully saturated rings. The molecule has 1 aliphatic heterocycles. The van der Waals surface area contributed by atoms with Gasteiger partial charge in [0, 0.05) is 6.42 Å². The number of halogens is 2. The quantitative estimate of drug-likeness (QED) is 0.499. The van der Waals surface area contributed by atoms with E-state index in [4.69, 9.17) is 27.9 Å². The molecular weight excluding hydrogens is 135 g/mol. The lowest BCUT2D eigenvalue weighted by atomic mass is 10.5. The van der Waals surface area contributed by atoms with E-state index in [1.54, 1.807) is 0 Å². The van der Waals surface area contributed by atoms with Gasteiger partial charge in [0.2, 0.25) is 5.22 Å². The lowest BCUT2D eigenvalue weighted by Gasteiger charge is -1.87. The fourth-order valence-corrected chi connectivity index (χ4v) is 0.710. The number of rotatable bonds is 0. The van der Waals surface area contributed by atoms with Gasteiger partial charge in [0.15, 0.2) is 0 Å². The minimum absolute atomic E-state index is 0.363. The zero-order valence-corrected chi connectivity index (χ0v) is 5.09. The fourth-order valence-electron chi connectivity index (χ4n) is 0.407. The Bertz CT molecular complexity index is 96.3. The molecule has 0 bridgehead atoms. The minimum atomic E-state index is 0.363. The number of ether oxygens (including phenoxy) is 1. The van der Waals surface area contributed by atoms with Gasteiger partial charge in [0.1, 0.15) is 0 Å². The molecule has 3 heteroatoms. The highest BCUT2D eigenvalue weighted by Crippen LogP contribution is 2.24. The smallest absolute Gasteiger partial charge is 0.201 e. The molecule has 0 saturated heterocycles. The van der Waals surface area contributed by atoms with Crippen LogP contribution in [0.3, 0.4) is 0 Å². The first-order valence-electron chi connectivity index (χ1n) is 1.97. The van der Waals surface area contributed by atoms with E-state index in [1.165, 1.54) is 0 Å². The van der Waals surface area contributed by atoms with Crippen LogP contribution in [0.25, 0.3) is 0 Å². The van der Waals surface area contributed by atoms with Gasteiger partial charge in [-0.05, 0) is 11.6 Å². The Morgan fingerprint density at radius 2 is 2.14 bits per heavy atom. The molecule has 1 rings (SSSR count). The molecule has 0 saturated carbocycles. The molecule has 0 spiro atoms. The first kappa shape index (κ1) is 5.26. The van der Waals surface area contributed by atoms with Crippen molar-refractivity contribution < 1.29 is 4.74 Å². The van der Waals surface area contributed by atoms with E-state index in [1.807, 2.05) is 0 Å². The van der Waals surface area contributed by atoms with Crippen LogP contribution in [0.4, 0.5) is 0 Å². The number of hydrogen-bond acceptors (Lipinski definition) is 1. The SMILES string of the molecule is ClC1=C(Cl)OCC1. The van der Waals surface area contributed by atoms with Crippen molar-refractivity contribution in [3.63, 3.8) is 0 Å². The second-order valence-electron chi connectivity index (χ2n) is 1.28. The Morgan fingerprint density at radius 3 is 2.29 bits per heavy atom. The summed E-state index contributed by atoms with van der Waals surface area (Å²) >= 11 is 10.9. The van der Waals surface area contributed by atoms with Gasteiger partial charge in [-0.25, -0.2) is 0 Å². The Morgan fingerprint density at radius 1 is 1.43 bits per heavy atom. The molecule has 0 aromatic heterocycles. The molecule has 7 heavy (non-hydrogen) atoms. The molecule has 1 aliphatic rings. The molecule has 0 atom stereocenters. The third kappa shape index (κ3) is 1.01. The van der Waals surface area contributed by atoms with Crippen LogP contribution in [0.2, 0.25) is 0 Å². The van der Waals surface area contributed by atoms with Crippen LogP contribution in [0.5, 0.6) is 0 Å². The molecule has 40 valence electrons. The standard InChI is InChI=1S/C4H4Cl2O/c5-3-1-2-7-4(3)6/h1-2H2. The van der Waals surface area contributed by atoms with Crippen LogP contribution in [-0.4, -0.2) is 6.61 Å². The van der Waals surface area contributed by atoms with E-state index in [-0.39, 0.29) is 0 Å². The maximum atomic E-state index is 5.49. The largest absolute Gasteiger partial charge is 0.482 e. The van der Waals surface area contributed by atoms with Gasteiger partial charge in [0.05, 0.1) is 11.6 Å². The van der Waals surface area contributed by atoms with Crippen LogP contribution >= 0.6 is 23.2 Å². The van der Waals surface area contributed by atoms with Gasteiger partial charge in [-0.15, -0.1) is 0 Å². The zero-order valence-electron chi connectivity index (χ0n) is 3.58. The molecule has 0 radical (unpaired) electrons. The molecule has 0 aliphatic carbocycles. The summed E-state index contributed by atoms with van der Waals surface area (Å²) in [5.74, 6) is 0. The summed E-state index contributed by atoms with van der Waals surface area (Å²) in [6, 6.07) is 0. The Balaban J connectivity index is 2.64.